The summed E-state index contributed by atoms with van der Waals surface area (Å²) in [5, 5.41) is 17.9. The van der Waals surface area contributed by atoms with Gasteiger partial charge in [-0.15, -0.1) is 5.10 Å². The maximum absolute atomic E-state index is 13.7. The third kappa shape index (κ3) is 4.90. The highest BCUT2D eigenvalue weighted by atomic mass is 32.2. The van der Waals surface area contributed by atoms with E-state index in [1.54, 1.807) is 27.9 Å². The van der Waals surface area contributed by atoms with Crippen LogP contribution in [0.25, 0.3) is 17.1 Å². The molecule has 0 radical (unpaired) electrons. The van der Waals surface area contributed by atoms with Crippen LogP contribution in [-0.2, 0) is 10.0 Å². The Kier molecular flexibility index (Phi) is 6.02. The SMILES string of the molecule is Cc1cc(-n2cc(-c3ccc(NS(=O)(=O)CCO)cc3N3CCC4(CC3)CC4)nn2)nc(N2CC3C(C2)C3(F)F)n1. The molecule has 2 aromatic heterocycles. The van der Waals surface area contributed by atoms with Gasteiger partial charge < -0.3 is 14.9 Å². The number of hydrogen-bond acceptors (Lipinski definition) is 9. The van der Waals surface area contributed by atoms with Crippen molar-refractivity contribution >= 4 is 27.3 Å². The van der Waals surface area contributed by atoms with Crippen molar-refractivity contribution in [2.45, 2.75) is 38.5 Å². The highest BCUT2D eigenvalue weighted by Crippen LogP contribution is 2.59. The molecule has 4 fully saturated rings. The van der Waals surface area contributed by atoms with E-state index in [1.165, 1.54) is 12.8 Å². The Hall–Kier alpha value is -3.39. The molecule has 2 atom stereocenters. The van der Waals surface area contributed by atoms with E-state index in [2.05, 4.69) is 29.9 Å². The number of piperidine rings is 2. The summed E-state index contributed by atoms with van der Waals surface area (Å²) in [5.74, 6) is -3.33. The summed E-state index contributed by atoms with van der Waals surface area (Å²) in [4.78, 5) is 13.2. The molecule has 14 heteroatoms. The first-order chi connectivity index (χ1) is 19.6. The number of hydrogen-bond donors (Lipinski definition) is 2. The fourth-order valence-electron chi connectivity index (χ4n) is 6.29. The standard InChI is InChI=1S/C27H32F2N8O3S/c1-17-12-24(31-25(30-17)36-14-20-21(15-36)27(20,28)29)37-16-22(32-34-37)19-3-2-18(33-41(39,40)11-10-38)13-23(19)35-8-6-26(4-5-26)7-9-35/h2-3,12-13,16,20-21,33,38H,4-11,14-15H2,1H3. The summed E-state index contributed by atoms with van der Waals surface area (Å²) in [6, 6.07) is 7.10. The monoisotopic (exact) mass is 586 g/mol. The van der Waals surface area contributed by atoms with Gasteiger partial charge in [-0.25, -0.2) is 26.9 Å². The molecule has 1 spiro atoms. The largest absolute Gasteiger partial charge is 0.395 e. The average molecular weight is 587 g/mol. The van der Waals surface area contributed by atoms with Crippen LogP contribution in [0.4, 0.5) is 26.1 Å². The molecule has 2 saturated heterocycles. The normalized spacial score (nSPS) is 24.0. The van der Waals surface area contributed by atoms with Crippen molar-refractivity contribution in [3.8, 4) is 17.1 Å². The van der Waals surface area contributed by atoms with Gasteiger partial charge >= 0.3 is 0 Å². The number of anilines is 3. The number of fused-ring (bicyclic) bond motifs is 1. The van der Waals surface area contributed by atoms with Crippen molar-refractivity contribution in [3.63, 3.8) is 0 Å². The fraction of sp³-hybridized carbons (Fsp3) is 0.556. The lowest BCUT2D eigenvalue weighted by molar-refractivity contribution is 0.0796. The van der Waals surface area contributed by atoms with Crippen LogP contribution in [-0.4, -0.2) is 82.9 Å². The highest BCUT2D eigenvalue weighted by molar-refractivity contribution is 7.92. The van der Waals surface area contributed by atoms with Crippen molar-refractivity contribution in [1.29, 1.82) is 0 Å². The van der Waals surface area contributed by atoms with Crippen LogP contribution >= 0.6 is 0 Å². The van der Waals surface area contributed by atoms with Gasteiger partial charge in [-0.05, 0) is 56.2 Å². The number of aliphatic hydroxyl groups excluding tert-OH is 1. The lowest BCUT2D eigenvalue weighted by Gasteiger charge is -2.35. The van der Waals surface area contributed by atoms with Crippen LogP contribution in [0.3, 0.4) is 0 Å². The molecule has 2 N–H and O–H groups in total. The number of rotatable bonds is 8. The van der Waals surface area contributed by atoms with E-state index in [0.29, 0.717) is 34.3 Å². The molecule has 7 rings (SSSR count). The molecule has 4 heterocycles. The maximum Gasteiger partial charge on any atom is 0.258 e. The summed E-state index contributed by atoms with van der Waals surface area (Å²) in [5.41, 5.74) is 3.83. The van der Waals surface area contributed by atoms with Crippen LogP contribution in [0, 0.1) is 24.2 Å². The average Bonchev–Trinajstić information content (AvgIpc) is 3.54. The minimum absolute atomic E-state index is 0.234. The minimum Gasteiger partial charge on any atom is -0.395 e. The Balaban J connectivity index is 1.18. The minimum atomic E-state index is -3.68. The number of aryl methyl sites for hydroxylation is 1. The summed E-state index contributed by atoms with van der Waals surface area (Å²) < 4.78 is 56.2. The zero-order chi connectivity index (χ0) is 28.6. The second kappa shape index (κ2) is 9.31. The topological polar surface area (TPSA) is 129 Å². The van der Waals surface area contributed by atoms with Gasteiger partial charge in [0.15, 0.2) is 5.82 Å². The first-order valence-electron chi connectivity index (χ1n) is 14.0. The zero-order valence-electron chi connectivity index (χ0n) is 22.7. The van der Waals surface area contributed by atoms with Crippen molar-refractivity contribution in [2.75, 3.05) is 53.1 Å². The van der Waals surface area contributed by atoms with E-state index in [4.69, 9.17) is 5.11 Å². The summed E-state index contributed by atoms with van der Waals surface area (Å²) in [6.07, 6.45) is 6.48. The Morgan fingerprint density at radius 2 is 1.78 bits per heavy atom. The molecule has 2 aliphatic heterocycles. The number of alkyl halides is 2. The summed E-state index contributed by atoms with van der Waals surface area (Å²) in [7, 11) is -3.68. The van der Waals surface area contributed by atoms with Gasteiger partial charge in [0.25, 0.3) is 5.92 Å². The summed E-state index contributed by atoms with van der Waals surface area (Å²) in [6.45, 7) is 3.55. The first kappa shape index (κ1) is 26.5. The Bertz CT molecular complexity index is 1590. The van der Waals surface area contributed by atoms with Gasteiger partial charge in [-0.2, -0.15) is 4.98 Å². The smallest absolute Gasteiger partial charge is 0.258 e. The molecule has 3 aromatic rings. The van der Waals surface area contributed by atoms with Crippen LogP contribution < -0.4 is 14.5 Å². The van der Waals surface area contributed by atoms with E-state index in [1.807, 2.05) is 19.1 Å². The van der Waals surface area contributed by atoms with E-state index in [0.717, 1.165) is 37.2 Å². The third-order valence-electron chi connectivity index (χ3n) is 9.07. The molecule has 4 aliphatic rings. The van der Waals surface area contributed by atoms with Gasteiger partial charge in [-0.3, -0.25) is 4.72 Å². The molecule has 2 saturated carbocycles. The molecule has 0 amide bonds. The van der Waals surface area contributed by atoms with E-state index in [-0.39, 0.29) is 18.8 Å². The van der Waals surface area contributed by atoms with Crippen LogP contribution in [0.1, 0.15) is 31.4 Å². The lowest BCUT2D eigenvalue weighted by Crippen LogP contribution is -2.34. The van der Waals surface area contributed by atoms with E-state index in [9.17, 15) is 17.2 Å². The quantitative estimate of drug-likeness (QED) is 0.409. The third-order valence-corrected chi connectivity index (χ3v) is 10.3. The second-order valence-corrected chi connectivity index (χ2v) is 13.7. The van der Waals surface area contributed by atoms with Gasteiger partial charge in [0.1, 0.15) is 5.69 Å². The molecule has 2 aliphatic carbocycles. The maximum atomic E-state index is 13.7. The van der Waals surface area contributed by atoms with Crippen molar-refractivity contribution in [2.24, 2.45) is 17.3 Å². The number of halogens is 2. The van der Waals surface area contributed by atoms with Crippen LogP contribution in [0.15, 0.2) is 30.5 Å². The number of aliphatic hydroxyl groups is 1. The van der Waals surface area contributed by atoms with E-state index >= 15 is 0 Å². The zero-order valence-corrected chi connectivity index (χ0v) is 23.5. The molecular formula is C27H32F2N8O3S. The van der Waals surface area contributed by atoms with E-state index < -0.39 is 34.4 Å². The number of aromatic nitrogens is 5. The summed E-state index contributed by atoms with van der Waals surface area (Å²) >= 11 is 0. The van der Waals surface area contributed by atoms with Crippen molar-refractivity contribution in [3.05, 3.63) is 36.2 Å². The number of nitrogens with zero attached hydrogens (tertiary/aromatic N) is 7. The predicted octanol–water partition coefficient (Wildman–Crippen LogP) is 2.85. The second-order valence-electron chi connectivity index (χ2n) is 11.9. The van der Waals surface area contributed by atoms with Gasteiger partial charge in [-0.1, -0.05) is 5.21 Å². The Morgan fingerprint density at radius 3 is 2.46 bits per heavy atom. The number of nitrogens with one attached hydrogen (secondary N) is 1. The molecule has 11 nitrogen and oxygen atoms in total. The molecule has 2 unspecified atom stereocenters. The highest BCUT2D eigenvalue weighted by Gasteiger charge is 2.72. The lowest BCUT2D eigenvalue weighted by atomic mass is 9.93. The molecule has 218 valence electrons. The Labute approximate surface area is 236 Å². The fourth-order valence-corrected chi connectivity index (χ4v) is 7.12. The number of benzene rings is 1. The Morgan fingerprint density at radius 1 is 1.05 bits per heavy atom. The van der Waals surface area contributed by atoms with Gasteiger partial charge in [0.2, 0.25) is 16.0 Å². The first-order valence-corrected chi connectivity index (χ1v) is 15.6. The van der Waals surface area contributed by atoms with Gasteiger partial charge in [0.05, 0.1) is 36.1 Å². The van der Waals surface area contributed by atoms with Crippen molar-refractivity contribution < 1.29 is 22.3 Å². The van der Waals surface area contributed by atoms with Crippen molar-refractivity contribution in [1.82, 2.24) is 25.0 Å². The number of sulfonamides is 1. The molecular weight excluding hydrogens is 554 g/mol. The predicted molar refractivity (Wildman–Crippen MR) is 149 cm³/mol. The molecule has 0 bridgehead atoms. The molecule has 41 heavy (non-hydrogen) atoms. The van der Waals surface area contributed by atoms with Crippen LogP contribution in [0.5, 0.6) is 0 Å². The molecule has 1 aromatic carbocycles. The van der Waals surface area contributed by atoms with Gasteiger partial charge in [0, 0.05) is 49.2 Å². The van der Waals surface area contributed by atoms with Crippen LogP contribution in [0.2, 0.25) is 0 Å².